The van der Waals surface area contributed by atoms with E-state index in [9.17, 15) is 35.1 Å². The topological polar surface area (TPSA) is 154 Å². The zero-order chi connectivity index (χ0) is 28.5. The number of ether oxygens (including phenoxy) is 2. The van der Waals surface area contributed by atoms with Gasteiger partial charge < -0.3 is 35.0 Å². The van der Waals surface area contributed by atoms with Crippen molar-refractivity contribution < 1.29 is 44.6 Å². The summed E-state index contributed by atoms with van der Waals surface area (Å²) in [5, 5.41) is 49.8. The van der Waals surface area contributed by atoms with Crippen LogP contribution in [-0.4, -0.2) is 51.0 Å². The molecule has 0 amide bonds. The third-order valence-corrected chi connectivity index (χ3v) is 5.66. The molecule has 0 radical (unpaired) electrons. The fourth-order valence-electron chi connectivity index (χ4n) is 3.48. The van der Waals surface area contributed by atoms with Gasteiger partial charge in [-0.2, -0.15) is 0 Å². The van der Waals surface area contributed by atoms with Gasteiger partial charge in [0.2, 0.25) is 0 Å². The fraction of sp³-hybridized carbons (Fsp3) is 0.133. The number of methoxy groups -OCH3 is 1. The maximum absolute atomic E-state index is 12.7. The SMILES string of the molecule is COc1cc(/C=C/C(=O)OC/C(C)=C/Cc2c(O)ccc(C(=O)/C=C/c3ccc(O)cc3O)c2O)ccc1O. The molecule has 0 heterocycles. The van der Waals surface area contributed by atoms with E-state index in [4.69, 9.17) is 9.47 Å². The molecule has 3 aromatic rings. The number of ketones is 1. The Balaban J connectivity index is 1.63. The molecule has 9 heteroatoms. The minimum Gasteiger partial charge on any atom is -0.508 e. The van der Waals surface area contributed by atoms with Gasteiger partial charge >= 0.3 is 5.97 Å². The van der Waals surface area contributed by atoms with Gasteiger partial charge in [-0.1, -0.05) is 12.1 Å². The van der Waals surface area contributed by atoms with Crippen LogP contribution in [0.15, 0.2) is 72.3 Å². The van der Waals surface area contributed by atoms with Gasteiger partial charge in [-0.3, -0.25) is 4.79 Å². The van der Waals surface area contributed by atoms with Gasteiger partial charge in [0.25, 0.3) is 0 Å². The molecule has 0 unspecified atom stereocenters. The first-order valence-corrected chi connectivity index (χ1v) is 11.7. The van der Waals surface area contributed by atoms with Gasteiger partial charge in [-0.15, -0.1) is 0 Å². The van der Waals surface area contributed by atoms with Crippen molar-refractivity contribution in [2.45, 2.75) is 13.3 Å². The van der Waals surface area contributed by atoms with Crippen LogP contribution >= 0.6 is 0 Å². The number of phenols is 5. The van der Waals surface area contributed by atoms with E-state index in [-0.39, 0.29) is 52.9 Å². The highest BCUT2D eigenvalue weighted by molar-refractivity contribution is 6.09. The summed E-state index contributed by atoms with van der Waals surface area (Å²) in [4.78, 5) is 24.7. The first-order chi connectivity index (χ1) is 18.6. The molecule has 0 atom stereocenters. The Kier molecular flexibility index (Phi) is 9.37. The van der Waals surface area contributed by atoms with Crippen LogP contribution in [0.2, 0.25) is 0 Å². The summed E-state index contributed by atoms with van der Waals surface area (Å²) >= 11 is 0. The lowest BCUT2D eigenvalue weighted by molar-refractivity contribution is -0.136. The highest BCUT2D eigenvalue weighted by atomic mass is 16.5. The van der Waals surface area contributed by atoms with Gasteiger partial charge in [0.15, 0.2) is 17.3 Å². The zero-order valence-electron chi connectivity index (χ0n) is 21.3. The number of benzene rings is 3. The average molecular weight is 533 g/mol. The molecule has 0 aliphatic carbocycles. The van der Waals surface area contributed by atoms with Gasteiger partial charge in [0.1, 0.15) is 29.6 Å². The van der Waals surface area contributed by atoms with Crippen LogP contribution in [0.4, 0.5) is 0 Å². The number of hydrogen-bond acceptors (Lipinski definition) is 9. The minimum absolute atomic E-state index is 0.0178. The molecule has 5 N–H and O–H groups in total. The van der Waals surface area contributed by atoms with Crippen molar-refractivity contribution >= 4 is 23.9 Å². The second-order valence-electron chi connectivity index (χ2n) is 8.53. The third-order valence-electron chi connectivity index (χ3n) is 5.66. The highest BCUT2D eigenvalue weighted by Crippen LogP contribution is 2.32. The van der Waals surface area contributed by atoms with E-state index in [1.54, 1.807) is 25.1 Å². The molecule has 0 saturated heterocycles. The normalized spacial score (nSPS) is 11.7. The van der Waals surface area contributed by atoms with E-state index < -0.39 is 17.5 Å². The molecular weight excluding hydrogens is 504 g/mol. The molecule has 0 aliphatic heterocycles. The Morgan fingerprint density at radius 3 is 2.31 bits per heavy atom. The molecule has 0 aromatic heterocycles. The molecule has 0 spiro atoms. The van der Waals surface area contributed by atoms with Crippen molar-refractivity contribution in [2.24, 2.45) is 0 Å². The molecule has 202 valence electrons. The Hall–Kier alpha value is -5.18. The second-order valence-corrected chi connectivity index (χ2v) is 8.53. The Morgan fingerprint density at radius 1 is 0.846 bits per heavy atom. The number of carbonyl (C=O) groups excluding carboxylic acids is 2. The van der Waals surface area contributed by atoms with E-state index in [2.05, 4.69) is 0 Å². The molecule has 39 heavy (non-hydrogen) atoms. The summed E-state index contributed by atoms with van der Waals surface area (Å²) in [6.45, 7) is 1.67. The Morgan fingerprint density at radius 2 is 1.59 bits per heavy atom. The number of allylic oxidation sites excluding steroid dienone is 2. The van der Waals surface area contributed by atoms with Crippen molar-refractivity contribution in [3.63, 3.8) is 0 Å². The van der Waals surface area contributed by atoms with E-state index in [1.165, 1.54) is 55.7 Å². The summed E-state index contributed by atoms with van der Waals surface area (Å²) in [5.41, 5.74) is 1.63. The standard InChI is InChI=1S/C30H28O9/c1-18(17-39-29(36)14-5-19-4-11-26(34)28(15-19)38-2)3-9-22-25(33)13-10-23(30(22)37)24(32)12-7-20-6-8-21(31)16-27(20)35/h3-8,10-16,31,33-35,37H,9,17H2,1-2H3/b12-7+,14-5+,18-3+. The number of rotatable bonds is 10. The van der Waals surface area contributed by atoms with Gasteiger partial charge in [0.05, 0.1) is 12.7 Å². The number of aromatic hydroxyl groups is 5. The van der Waals surface area contributed by atoms with E-state index in [1.807, 2.05) is 0 Å². The van der Waals surface area contributed by atoms with Crippen molar-refractivity contribution in [1.82, 2.24) is 0 Å². The molecule has 0 aliphatic rings. The van der Waals surface area contributed by atoms with Gasteiger partial charge in [-0.25, -0.2) is 4.79 Å². The van der Waals surface area contributed by atoms with Crippen LogP contribution in [0.25, 0.3) is 12.2 Å². The lowest BCUT2D eigenvalue weighted by atomic mass is 10.00. The van der Waals surface area contributed by atoms with Crippen molar-refractivity contribution in [3.8, 4) is 34.5 Å². The maximum Gasteiger partial charge on any atom is 0.331 e. The fourth-order valence-corrected chi connectivity index (χ4v) is 3.48. The quantitative estimate of drug-likeness (QED) is 0.107. The average Bonchev–Trinajstić information content (AvgIpc) is 2.90. The van der Waals surface area contributed by atoms with E-state index in [0.29, 0.717) is 16.7 Å². The Bertz CT molecular complexity index is 1470. The van der Waals surface area contributed by atoms with Crippen LogP contribution in [0.1, 0.15) is 34.0 Å². The smallest absolute Gasteiger partial charge is 0.331 e. The molecule has 9 nitrogen and oxygen atoms in total. The monoisotopic (exact) mass is 532 g/mol. The second kappa shape index (κ2) is 12.9. The van der Waals surface area contributed by atoms with Crippen LogP contribution < -0.4 is 4.74 Å². The molecule has 0 fully saturated rings. The first-order valence-electron chi connectivity index (χ1n) is 11.7. The lowest BCUT2D eigenvalue weighted by Crippen LogP contribution is -2.03. The summed E-state index contributed by atoms with van der Waals surface area (Å²) in [6, 6.07) is 11.1. The van der Waals surface area contributed by atoms with Crippen LogP contribution in [0.5, 0.6) is 34.5 Å². The van der Waals surface area contributed by atoms with Crippen LogP contribution in [0.3, 0.4) is 0 Å². The summed E-state index contributed by atoms with van der Waals surface area (Å²) in [5.74, 6) is -1.85. The van der Waals surface area contributed by atoms with Crippen molar-refractivity contribution in [2.75, 3.05) is 13.7 Å². The highest BCUT2D eigenvalue weighted by Gasteiger charge is 2.16. The molecular formula is C30H28O9. The lowest BCUT2D eigenvalue weighted by Gasteiger charge is -2.10. The van der Waals surface area contributed by atoms with Crippen molar-refractivity contribution in [1.29, 1.82) is 0 Å². The summed E-state index contributed by atoms with van der Waals surface area (Å²) in [6.07, 6.45) is 6.96. The predicted octanol–water partition coefficient (Wildman–Crippen LogP) is 4.86. The number of esters is 1. The van der Waals surface area contributed by atoms with Gasteiger partial charge in [-0.05, 0) is 79.1 Å². The molecule has 3 aromatic carbocycles. The summed E-state index contributed by atoms with van der Waals surface area (Å²) < 4.78 is 10.2. The Labute approximate surface area is 224 Å². The summed E-state index contributed by atoms with van der Waals surface area (Å²) in [7, 11) is 1.42. The maximum atomic E-state index is 12.7. The van der Waals surface area contributed by atoms with Crippen LogP contribution in [-0.2, 0) is 16.0 Å². The minimum atomic E-state index is -0.598. The zero-order valence-corrected chi connectivity index (χ0v) is 21.3. The number of carbonyl (C=O) groups is 2. The first kappa shape index (κ1) is 28.4. The predicted molar refractivity (Wildman–Crippen MR) is 145 cm³/mol. The largest absolute Gasteiger partial charge is 0.508 e. The van der Waals surface area contributed by atoms with E-state index >= 15 is 0 Å². The molecule has 0 saturated carbocycles. The third kappa shape index (κ3) is 7.65. The van der Waals surface area contributed by atoms with Crippen molar-refractivity contribution in [3.05, 3.63) is 94.6 Å². The van der Waals surface area contributed by atoms with Gasteiger partial charge in [0, 0.05) is 23.3 Å². The van der Waals surface area contributed by atoms with E-state index in [0.717, 1.165) is 12.1 Å². The number of hydrogen-bond donors (Lipinski definition) is 5. The molecule has 0 bridgehead atoms. The molecule has 3 rings (SSSR count). The van der Waals surface area contributed by atoms with Crippen LogP contribution in [0, 0.1) is 0 Å². The number of phenolic OH excluding ortho intramolecular Hbond substituents is 5.